The van der Waals surface area contributed by atoms with Crippen molar-refractivity contribution in [3.8, 4) is 0 Å². The van der Waals surface area contributed by atoms with Crippen LogP contribution in [0.1, 0.15) is 2.85 Å². The van der Waals surface area contributed by atoms with Crippen LogP contribution >= 0.6 is 0 Å². The van der Waals surface area contributed by atoms with E-state index in [9.17, 15) is 0 Å². The topological polar surface area (TPSA) is 213 Å². The van der Waals surface area contributed by atoms with Crippen molar-refractivity contribution >= 4 is 22.3 Å². The number of carboxylic acid groups (broad SMARTS) is 2. The van der Waals surface area contributed by atoms with Crippen molar-refractivity contribution in [3.63, 3.8) is 0 Å². The zero-order valence-electron chi connectivity index (χ0n) is 9.60. The molecule has 0 saturated heterocycles. The molecule has 0 aliphatic carbocycles. The van der Waals surface area contributed by atoms with Gasteiger partial charge in [-0.05, 0) is 0 Å². The number of carbonyl (C=O) groups excluding carboxylic acids is 2. The maximum atomic E-state index is 9.13. The Hall–Kier alpha value is -0.751. The van der Waals surface area contributed by atoms with Crippen molar-refractivity contribution in [2.75, 3.05) is 13.1 Å². The van der Waals surface area contributed by atoms with Gasteiger partial charge in [-0.25, -0.2) is 0 Å². The van der Waals surface area contributed by atoms with Gasteiger partial charge in [-0.1, -0.05) is 0 Å². The molecule has 16 heavy (non-hydrogen) atoms. The molecule has 0 radical (unpaired) electrons. The Balaban J connectivity index is -0.0000000277. The van der Waals surface area contributed by atoms with Gasteiger partial charge in [0.05, 0.1) is 11.9 Å². The fourth-order valence-corrected chi connectivity index (χ4v) is 0. The number of carbonyl (C=O) groups is 2. The van der Waals surface area contributed by atoms with Gasteiger partial charge in [-0.2, -0.15) is 0 Å². The Labute approximate surface area is 105 Å². The second kappa shape index (κ2) is 14.2. The van der Waals surface area contributed by atoms with Crippen molar-refractivity contribution in [3.05, 3.63) is 0 Å². The predicted octanol–water partition coefficient (Wildman–Crippen LogP) is -5.73. The molecule has 0 amide bonds. The fraction of sp³-hybridized carbons (Fsp3) is 0.500. The molecule has 0 aromatic rings. The van der Waals surface area contributed by atoms with E-state index in [4.69, 9.17) is 37.3 Å². The molecule has 0 atom stereocenters. The van der Waals surface area contributed by atoms with E-state index in [0.717, 1.165) is 0 Å². The van der Waals surface area contributed by atoms with Crippen LogP contribution < -0.4 is 21.7 Å². The molecule has 0 aromatic carbocycles. The van der Waals surface area contributed by atoms with Crippen LogP contribution in [0.25, 0.3) is 0 Å². The smallest absolute Gasteiger partial charge is 0.759 e. The quantitative estimate of drug-likeness (QED) is 0.280. The molecule has 0 heterocycles. The first-order chi connectivity index (χ1) is 6.54. The Kier molecular flexibility index (Phi) is 21.8. The second-order valence-corrected chi connectivity index (χ2v) is 2.38. The van der Waals surface area contributed by atoms with E-state index in [-0.39, 0.29) is 33.0 Å². The van der Waals surface area contributed by atoms with Gasteiger partial charge < -0.3 is 40.4 Å². The summed E-state index contributed by atoms with van der Waals surface area (Å²) >= 11 is 0. The number of nitrogens with two attached hydrogens (primary N) is 2. The van der Waals surface area contributed by atoms with Crippen molar-refractivity contribution in [1.29, 1.82) is 0 Å². The number of aliphatic carboxylic acids is 2. The molecular formula is C4H10FeN2O8S. The molecule has 12 heteroatoms. The van der Waals surface area contributed by atoms with Crippen molar-refractivity contribution in [2.45, 2.75) is 0 Å². The summed E-state index contributed by atoms with van der Waals surface area (Å²) in [6.07, 6.45) is 0. The van der Waals surface area contributed by atoms with Crippen molar-refractivity contribution in [1.82, 2.24) is 0 Å². The molecule has 0 spiro atoms. The maximum Gasteiger partial charge on any atom is 2.00 e. The van der Waals surface area contributed by atoms with E-state index < -0.39 is 22.3 Å². The first-order valence-electron chi connectivity index (χ1n) is 3.01. The van der Waals surface area contributed by atoms with E-state index in [1.807, 2.05) is 0 Å². The van der Waals surface area contributed by atoms with E-state index in [1.54, 1.807) is 0 Å². The molecule has 98 valence electrons. The number of rotatable bonds is 2. The Morgan fingerprint density at radius 2 is 1.06 bits per heavy atom. The maximum absolute atomic E-state index is 9.13. The van der Waals surface area contributed by atoms with E-state index in [0.29, 0.717) is 0 Å². The average molecular weight is 302 g/mol. The number of hydrogen-bond donors (Lipinski definition) is 2. The predicted molar refractivity (Wildman–Crippen MR) is 40.8 cm³/mol. The van der Waals surface area contributed by atoms with Gasteiger partial charge in [0.25, 0.3) is 0 Å². The van der Waals surface area contributed by atoms with Crippen LogP contribution in [0.2, 0.25) is 0 Å². The SMILES string of the molecule is NCC(=O)[O-].NCC(=O)[O-].O=S(=O)([O-])[O-].[Fe+2].[H+].[H+]. The summed E-state index contributed by atoms with van der Waals surface area (Å²) in [5, 5.41) is 18.3. The van der Waals surface area contributed by atoms with Gasteiger partial charge in [0.2, 0.25) is 0 Å². The van der Waals surface area contributed by atoms with Gasteiger partial charge in [-0.15, -0.1) is 0 Å². The van der Waals surface area contributed by atoms with Gasteiger partial charge in [-0.3, -0.25) is 8.42 Å². The zero-order chi connectivity index (χ0) is 13.1. The van der Waals surface area contributed by atoms with Gasteiger partial charge in [0.15, 0.2) is 0 Å². The number of hydrogen-bond acceptors (Lipinski definition) is 10. The van der Waals surface area contributed by atoms with Crippen LogP contribution in [0, 0.1) is 0 Å². The molecule has 4 N–H and O–H groups in total. The van der Waals surface area contributed by atoms with Crippen LogP contribution in [-0.2, 0) is 37.1 Å². The van der Waals surface area contributed by atoms with Crippen LogP contribution in [0.5, 0.6) is 0 Å². The molecule has 0 fully saturated rings. The Bertz CT molecular complexity index is 265. The first-order valence-corrected chi connectivity index (χ1v) is 4.34. The standard InChI is InChI=1S/2C2H5NO2.Fe.H2O4S/c2*3-1-2(4)5;;1-5(2,3)4/h2*1,3H2,(H,4,5);;(H2,1,2,3,4)/q;;+2;/p-2. The van der Waals surface area contributed by atoms with Gasteiger partial charge >= 0.3 is 19.9 Å². The summed E-state index contributed by atoms with van der Waals surface area (Å²) < 4.78 is 34.1. The molecule has 0 aromatic heterocycles. The van der Waals surface area contributed by atoms with Crippen LogP contribution in [0.4, 0.5) is 0 Å². The number of carboxylic acids is 2. The summed E-state index contributed by atoms with van der Waals surface area (Å²) in [7, 11) is -5.17. The third-order valence-corrected chi connectivity index (χ3v) is 0.333. The fourth-order valence-electron chi connectivity index (χ4n) is 0. The summed E-state index contributed by atoms with van der Waals surface area (Å²) in [6.45, 7) is -0.778. The molecule has 10 nitrogen and oxygen atoms in total. The van der Waals surface area contributed by atoms with Crippen LogP contribution in [0.15, 0.2) is 0 Å². The Morgan fingerprint density at radius 3 is 1.06 bits per heavy atom. The van der Waals surface area contributed by atoms with E-state index in [1.165, 1.54) is 0 Å². The summed E-state index contributed by atoms with van der Waals surface area (Å²) in [6, 6.07) is 0. The van der Waals surface area contributed by atoms with Crippen LogP contribution in [-0.4, -0.2) is 42.6 Å². The average Bonchev–Trinajstić information content (AvgIpc) is 2.02. The summed E-state index contributed by atoms with van der Waals surface area (Å²) in [5.41, 5.74) is 9.02. The van der Waals surface area contributed by atoms with E-state index in [2.05, 4.69) is 11.5 Å². The molecule has 0 bridgehead atoms. The molecule has 0 unspecified atom stereocenters. The minimum absolute atomic E-state index is 0. The second-order valence-electron chi connectivity index (χ2n) is 1.56. The van der Waals surface area contributed by atoms with Crippen LogP contribution in [0.3, 0.4) is 0 Å². The third kappa shape index (κ3) is 188. The largest absolute Gasteiger partial charge is 2.00 e. The molecular weight excluding hydrogens is 292 g/mol. The van der Waals surface area contributed by atoms with E-state index >= 15 is 0 Å². The third-order valence-electron chi connectivity index (χ3n) is 0.333. The molecule has 0 aliphatic heterocycles. The zero-order valence-corrected chi connectivity index (χ0v) is 9.52. The molecule has 0 saturated carbocycles. The molecule has 0 rings (SSSR count). The summed E-state index contributed by atoms with van der Waals surface area (Å²) in [5.74, 6) is -2.44. The van der Waals surface area contributed by atoms with Crippen molar-refractivity contribution < 1.29 is 57.2 Å². The minimum Gasteiger partial charge on any atom is -0.759 e. The minimum atomic E-state index is -5.17. The monoisotopic (exact) mass is 302 g/mol. The molecule has 0 aliphatic rings. The van der Waals surface area contributed by atoms with Crippen molar-refractivity contribution in [2.24, 2.45) is 11.5 Å². The van der Waals surface area contributed by atoms with Gasteiger partial charge in [0, 0.05) is 23.5 Å². The first kappa shape index (κ1) is 24.5. The van der Waals surface area contributed by atoms with Gasteiger partial charge in [0.1, 0.15) is 0 Å². The Morgan fingerprint density at radius 1 is 1.00 bits per heavy atom. The summed E-state index contributed by atoms with van der Waals surface area (Å²) in [4.78, 5) is 18.3. The normalized spacial score (nSPS) is 8.25.